The Kier molecular flexibility index (Phi) is 3.42. The van der Waals surface area contributed by atoms with Gasteiger partial charge in [0.2, 0.25) is 5.89 Å². The quantitative estimate of drug-likeness (QED) is 0.674. The predicted octanol–water partition coefficient (Wildman–Crippen LogP) is 5.16. The van der Waals surface area contributed by atoms with Gasteiger partial charge in [-0.1, -0.05) is 47.6 Å². The fourth-order valence-corrected chi connectivity index (χ4v) is 2.24. The number of rotatable bonds is 1. The van der Waals surface area contributed by atoms with Gasteiger partial charge in [0.25, 0.3) is 0 Å². The minimum absolute atomic E-state index is 0.0165. The van der Waals surface area contributed by atoms with E-state index in [0.717, 1.165) is 11.1 Å². The van der Waals surface area contributed by atoms with Crippen LogP contribution in [0.25, 0.3) is 11.1 Å². The summed E-state index contributed by atoms with van der Waals surface area (Å²) in [5.41, 5.74) is 4.36. The van der Waals surface area contributed by atoms with Gasteiger partial charge in [0.1, 0.15) is 5.52 Å². The number of benzene rings is 1. The van der Waals surface area contributed by atoms with Gasteiger partial charge in [-0.15, -0.1) is 11.6 Å². The second kappa shape index (κ2) is 4.52. The number of nitrogens with zero attached hydrogens (tertiary/aromatic N) is 1. The topological polar surface area (TPSA) is 26.0 Å². The molecule has 0 atom stereocenters. The molecule has 2 nitrogen and oxygen atoms in total. The third-order valence-electron chi connectivity index (χ3n) is 3.32. The molecule has 1 aromatic heterocycles. The SMILES string of the molecule is CC(C)(C)c1cc(C(C)(C)C)c2oc(CCl)nc2c1. The van der Waals surface area contributed by atoms with Crippen LogP contribution >= 0.6 is 11.6 Å². The van der Waals surface area contributed by atoms with Crippen molar-refractivity contribution >= 4 is 22.7 Å². The molecule has 0 spiro atoms. The van der Waals surface area contributed by atoms with E-state index in [2.05, 4.69) is 58.7 Å². The molecule has 0 bridgehead atoms. The van der Waals surface area contributed by atoms with Gasteiger partial charge in [-0.3, -0.25) is 0 Å². The van der Waals surface area contributed by atoms with Crippen LogP contribution in [-0.2, 0) is 16.7 Å². The lowest BCUT2D eigenvalue weighted by molar-refractivity contribution is 0.526. The molecular weight excluding hydrogens is 258 g/mol. The summed E-state index contributed by atoms with van der Waals surface area (Å²) in [6.07, 6.45) is 0. The summed E-state index contributed by atoms with van der Waals surface area (Å²) in [4.78, 5) is 4.48. The van der Waals surface area contributed by atoms with Crippen LogP contribution in [0.1, 0.15) is 58.6 Å². The number of fused-ring (bicyclic) bond motifs is 1. The van der Waals surface area contributed by atoms with Crippen LogP contribution < -0.4 is 0 Å². The van der Waals surface area contributed by atoms with Crippen LogP contribution in [0.2, 0.25) is 0 Å². The van der Waals surface area contributed by atoms with Crippen molar-refractivity contribution in [1.82, 2.24) is 4.98 Å². The number of oxazole rings is 1. The maximum atomic E-state index is 5.84. The van der Waals surface area contributed by atoms with Crippen molar-refractivity contribution in [2.75, 3.05) is 0 Å². The lowest BCUT2D eigenvalue weighted by Crippen LogP contribution is -2.16. The summed E-state index contributed by atoms with van der Waals surface area (Å²) in [7, 11) is 0. The number of hydrogen-bond donors (Lipinski definition) is 0. The minimum atomic E-state index is 0.0165. The van der Waals surface area contributed by atoms with Crippen molar-refractivity contribution in [2.45, 2.75) is 58.3 Å². The van der Waals surface area contributed by atoms with Crippen LogP contribution in [0.4, 0.5) is 0 Å². The number of hydrogen-bond acceptors (Lipinski definition) is 2. The van der Waals surface area contributed by atoms with Gasteiger partial charge in [0, 0.05) is 5.56 Å². The van der Waals surface area contributed by atoms with Crippen LogP contribution in [0.5, 0.6) is 0 Å². The lowest BCUT2D eigenvalue weighted by Gasteiger charge is -2.24. The molecule has 0 aliphatic rings. The smallest absolute Gasteiger partial charge is 0.210 e. The molecule has 0 N–H and O–H groups in total. The Morgan fingerprint density at radius 1 is 1.05 bits per heavy atom. The molecule has 0 unspecified atom stereocenters. The summed E-state index contributed by atoms with van der Waals surface area (Å²) >= 11 is 5.84. The van der Waals surface area contributed by atoms with Crippen molar-refractivity contribution in [1.29, 1.82) is 0 Å². The Morgan fingerprint density at radius 3 is 2.16 bits per heavy atom. The molecule has 0 saturated carbocycles. The standard InChI is InChI=1S/C16H22ClNO/c1-15(2,3)10-7-11(16(4,5)6)14-12(8-10)18-13(9-17)19-14/h7-8H,9H2,1-6H3. The molecule has 0 fully saturated rings. The van der Waals surface area contributed by atoms with Crippen molar-refractivity contribution in [2.24, 2.45) is 0 Å². The molecule has 1 heterocycles. The zero-order chi connectivity index (χ0) is 14.4. The Morgan fingerprint density at radius 2 is 1.68 bits per heavy atom. The van der Waals surface area contributed by atoms with Crippen LogP contribution in [-0.4, -0.2) is 4.98 Å². The highest BCUT2D eigenvalue weighted by atomic mass is 35.5. The van der Waals surface area contributed by atoms with E-state index < -0.39 is 0 Å². The molecule has 0 saturated heterocycles. The van der Waals surface area contributed by atoms with Crippen LogP contribution in [0.3, 0.4) is 0 Å². The maximum Gasteiger partial charge on any atom is 0.210 e. The molecule has 0 aliphatic heterocycles. The van der Waals surface area contributed by atoms with Gasteiger partial charge in [-0.2, -0.15) is 0 Å². The zero-order valence-electron chi connectivity index (χ0n) is 12.6. The van der Waals surface area contributed by atoms with Crippen molar-refractivity contribution in [3.8, 4) is 0 Å². The Balaban J connectivity index is 2.78. The van der Waals surface area contributed by atoms with Gasteiger partial charge in [0.05, 0.1) is 5.88 Å². The molecule has 19 heavy (non-hydrogen) atoms. The van der Waals surface area contributed by atoms with Gasteiger partial charge in [-0.25, -0.2) is 4.98 Å². The van der Waals surface area contributed by atoms with E-state index in [4.69, 9.17) is 16.0 Å². The predicted molar refractivity (Wildman–Crippen MR) is 81.0 cm³/mol. The number of alkyl halides is 1. The summed E-state index contributed by atoms with van der Waals surface area (Å²) in [6.45, 7) is 13.2. The maximum absolute atomic E-state index is 5.84. The normalized spacial score (nSPS) is 13.2. The van der Waals surface area contributed by atoms with Gasteiger partial charge in [-0.05, 0) is 22.5 Å². The molecule has 3 heteroatoms. The second-order valence-corrected chi connectivity index (χ2v) is 7.38. The Hall–Kier alpha value is -1.02. The fourth-order valence-electron chi connectivity index (χ4n) is 2.13. The summed E-state index contributed by atoms with van der Waals surface area (Å²) < 4.78 is 5.80. The van der Waals surface area contributed by atoms with E-state index in [9.17, 15) is 0 Å². The first-order valence-electron chi connectivity index (χ1n) is 6.63. The highest BCUT2D eigenvalue weighted by Crippen LogP contribution is 2.35. The van der Waals surface area contributed by atoms with E-state index >= 15 is 0 Å². The minimum Gasteiger partial charge on any atom is -0.439 e. The average Bonchev–Trinajstić information content (AvgIpc) is 2.67. The van der Waals surface area contributed by atoms with Gasteiger partial charge < -0.3 is 4.42 Å². The van der Waals surface area contributed by atoms with E-state index in [0.29, 0.717) is 11.8 Å². The Labute approximate surface area is 120 Å². The first-order valence-corrected chi connectivity index (χ1v) is 7.17. The number of aromatic nitrogens is 1. The summed E-state index contributed by atoms with van der Waals surface area (Å²) in [5.74, 6) is 0.900. The van der Waals surface area contributed by atoms with E-state index in [1.54, 1.807) is 0 Å². The molecule has 104 valence electrons. The van der Waals surface area contributed by atoms with Crippen molar-refractivity contribution in [3.63, 3.8) is 0 Å². The molecular formula is C16H22ClNO. The van der Waals surface area contributed by atoms with Crippen LogP contribution in [0.15, 0.2) is 16.5 Å². The average molecular weight is 280 g/mol. The monoisotopic (exact) mass is 279 g/mol. The summed E-state index contributed by atoms with van der Waals surface area (Å²) in [6, 6.07) is 4.36. The van der Waals surface area contributed by atoms with Gasteiger partial charge in [0.15, 0.2) is 5.58 Å². The first-order chi connectivity index (χ1) is 8.63. The second-order valence-electron chi connectivity index (χ2n) is 7.11. The lowest BCUT2D eigenvalue weighted by atomic mass is 9.80. The molecule has 0 radical (unpaired) electrons. The molecule has 0 amide bonds. The highest BCUT2D eigenvalue weighted by molar-refractivity contribution is 6.16. The first kappa shape index (κ1) is 14.4. The number of halogens is 1. The third kappa shape index (κ3) is 2.79. The molecule has 0 aliphatic carbocycles. The van der Waals surface area contributed by atoms with E-state index in [1.807, 2.05) is 0 Å². The highest BCUT2D eigenvalue weighted by Gasteiger charge is 2.25. The van der Waals surface area contributed by atoms with E-state index in [-0.39, 0.29) is 10.8 Å². The zero-order valence-corrected chi connectivity index (χ0v) is 13.4. The summed E-state index contributed by atoms with van der Waals surface area (Å²) in [5, 5.41) is 0. The third-order valence-corrected chi connectivity index (χ3v) is 3.55. The van der Waals surface area contributed by atoms with E-state index in [1.165, 1.54) is 11.1 Å². The molecule has 2 aromatic rings. The molecule has 2 rings (SSSR count). The van der Waals surface area contributed by atoms with Gasteiger partial charge >= 0.3 is 0 Å². The Bertz CT molecular complexity index is 599. The molecule has 1 aromatic carbocycles. The van der Waals surface area contributed by atoms with Crippen molar-refractivity contribution < 1.29 is 4.42 Å². The largest absolute Gasteiger partial charge is 0.439 e. The van der Waals surface area contributed by atoms with Crippen LogP contribution in [0, 0.1) is 0 Å². The fraction of sp³-hybridized carbons (Fsp3) is 0.562. The van der Waals surface area contributed by atoms with Crippen molar-refractivity contribution in [3.05, 3.63) is 29.2 Å².